The van der Waals surface area contributed by atoms with Crippen LogP contribution in [0.15, 0.2) is 48.5 Å². The monoisotopic (exact) mass is 383 g/mol. The van der Waals surface area contributed by atoms with Gasteiger partial charge in [0.15, 0.2) is 5.75 Å². The Balaban J connectivity index is 1.63. The summed E-state index contributed by atoms with van der Waals surface area (Å²) in [5.74, 6) is -1.29. The topological polar surface area (TPSA) is 63.7 Å². The number of hydrogen-bond donors (Lipinski definition) is 0. The highest BCUT2D eigenvalue weighted by Crippen LogP contribution is 2.42. The summed E-state index contributed by atoms with van der Waals surface area (Å²) in [4.78, 5) is 39.3. The van der Waals surface area contributed by atoms with E-state index < -0.39 is 5.97 Å². The van der Waals surface area contributed by atoms with Crippen molar-refractivity contribution in [3.05, 3.63) is 59.1 Å². The molecule has 0 unspecified atom stereocenters. The highest BCUT2D eigenvalue weighted by molar-refractivity contribution is 6.30. The molecule has 1 aliphatic heterocycles. The van der Waals surface area contributed by atoms with Crippen LogP contribution in [0.1, 0.15) is 36.0 Å². The normalized spacial score (nSPS) is 21.9. The van der Waals surface area contributed by atoms with Gasteiger partial charge in [0.2, 0.25) is 11.8 Å². The first kappa shape index (κ1) is 17.7. The third-order valence-electron chi connectivity index (χ3n) is 5.23. The number of ether oxygens (including phenoxy) is 1. The summed E-state index contributed by atoms with van der Waals surface area (Å²) < 4.78 is 5.51. The lowest BCUT2D eigenvalue weighted by atomic mass is 9.81. The van der Waals surface area contributed by atoms with E-state index >= 15 is 0 Å². The van der Waals surface area contributed by atoms with Crippen molar-refractivity contribution in [1.29, 1.82) is 0 Å². The van der Waals surface area contributed by atoms with Gasteiger partial charge in [0.05, 0.1) is 23.1 Å². The number of imide groups is 1. The maximum Gasteiger partial charge on any atom is 0.343 e. The summed E-state index contributed by atoms with van der Waals surface area (Å²) in [7, 11) is 0. The van der Waals surface area contributed by atoms with Crippen molar-refractivity contribution < 1.29 is 19.1 Å². The highest BCUT2D eigenvalue weighted by Gasteiger charge is 2.49. The largest absolute Gasteiger partial charge is 0.421 e. The molecule has 2 aromatic carbocycles. The summed E-state index contributed by atoms with van der Waals surface area (Å²) in [6.45, 7) is 0. The second-order valence-corrected chi connectivity index (χ2v) is 7.31. The van der Waals surface area contributed by atoms with Gasteiger partial charge in [0, 0.05) is 5.02 Å². The van der Waals surface area contributed by atoms with Crippen molar-refractivity contribution in [2.24, 2.45) is 11.8 Å². The van der Waals surface area contributed by atoms with E-state index in [0.717, 1.165) is 25.7 Å². The number of fused-ring (bicyclic) bond motifs is 1. The smallest absolute Gasteiger partial charge is 0.343 e. The molecule has 2 amide bonds. The van der Waals surface area contributed by atoms with Crippen LogP contribution in [-0.4, -0.2) is 17.8 Å². The van der Waals surface area contributed by atoms with Crippen molar-refractivity contribution in [2.75, 3.05) is 4.90 Å². The quantitative estimate of drug-likeness (QED) is 0.452. The Morgan fingerprint density at radius 1 is 0.926 bits per heavy atom. The number of hydrogen-bond acceptors (Lipinski definition) is 4. The number of para-hydroxylation sites is 2. The van der Waals surface area contributed by atoms with E-state index in [1.165, 1.54) is 4.90 Å². The van der Waals surface area contributed by atoms with Gasteiger partial charge in [-0.15, -0.1) is 0 Å². The number of amides is 2. The van der Waals surface area contributed by atoms with Gasteiger partial charge in [0.1, 0.15) is 0 Å². The fourth-order valence-electron chi connectivity index (χ4n) is 3.87. The molecule has 2 aromatic rings. The molecule has 2 aliphatic rings. The maximum atomic E-state index is 12.8. The number of halogens is 1. The van der Waals surface area contributed by atoms with E-state index in [2.05, 4.69) is 0 Å². The fraction of sp³-hybridized carbons (Fsp3) is 0.286. The number of nitrogens with zero attached hydrogens (tertiary/aromatic N) is 1. The number of carbonyl (C=O) groups is 3. The fourth-order valence-corrected chi connectivity index (χ4v) is 4.00. The summed E-state index contributed by atoms with van der Waals surface area (Å²) >= 11 is 5.85. The van der Waals surface area contributed by atoms with Gasteiger partial charge in [-0.2, -0.15) is 0 Å². The number of esters is 1. The van der Waals surface area contributed by atoms with E-state index in [4.69, 9.17) is 16.3 Å². The summed E-state index contributed by atoms with van der Waals surface area (Å²) in [5.41, 5.74) is 0.658. The molecule has 2 atom stereocenters. The van der Waals surface area contributed by atoms with Crippen molar-refractivity contribution in [3.63, 3.8) is 0 Å². The number of rotatable bonds is 3. The van der Waals surface area contributed by atoms with Gasteiger partial charge in [-0.05, 0) is 49.2 Å². The number of benzene rings is 2. The minimum atomic E-state index is -0.573. The van der Waals surface area contributed by atoms with Gasteiger partial charge in [-0.3, -0.25) is 9.59 Å². The van der Waals surface area contributed by atoms with Crippen LogP contribution < -0.4 is 9.64 Å². The molecule has 0 aromatic heterocycles. The lowest BCUT2D eigenvalue weighted by Crippen LogP contribution is -2.31. The molecule has 1 heterocycles. The molecule has 27 heavy (non-hydrogen) atoms. The summed E-state index contributed by atoms with van der Waals surface area (Å²) in [5, 5.41) is 0.516. The molecule has 1 aliphatic carbocycles. The molecule has 5 nitrogen and oxygen atoms in total. The second kappa shape index (κ2) is 7.16. The molecule has 0 spiro atoms. The molecule has 0 bridgehead atoms. The first-order chi connectivity index (χ1) is 13.1. The van der Waals surface area contributed by atoms with E-state index in [9.17, 15) is 14.4 Å². The molecule has 2 fully saturated rings. The van der Waals surface area contributed by atoms with Crippen molar-refractivity contribution in [1.82, 2.24) is 0 Å². The summed E-state index contributed by atoms with van der Waals surface area (Å²) in [6.07, 6.45) is 3.39. The predicted molar refractivity (Wildman–Crippen MR) is 101 cm³/mol. The molecule has 0 radical (unpaired) electrons. The van der Waals surface area contributed by atoms with E-state index in [0.29, 0.717) is 16.3 Å². The van der Waals surface area contributed by atoms with Gasteiger partial charge in [0.25, 0.3) is 0 Å². The van der Waals surface area contributed by atoms with Gasteiger partial charge < -0.3 is 4.74 Å². The van der Waals surface area contributed by atoms with Gasteiger partial charge in [-0.25, -0.2) is 9.69 Å². The van der Waals surface area contributed by atoms with Crippen LogP contribution in [0.3, 0.4) is 0 Å². The highest BCUT2D eigenvalue weighted by atomic mass is 35.5. The minimum Gasteiger partial charge on any atom is -0.421 e. The molecular weight excluding hydrogens is 366 g/mol. The van der Waals surface area contributed by atoms with Crippen LogP contribution in [0.4, 0.5) is 5.69 Å². The Bertz CT molecular complexity index is 885. The third kappa shape index (κ3) is 3.23. The molecular formula is C21H18ClNO4. The van der Waals surface area contributed by atoms with Gasteiger partial charge >= 0.3 is 5.97 Å². The van der Waals surface area contributed by atoms with Crippen LogP contribution >= 0.6 is 11.6 Å². The zero-order chi connectivity index (χ0) is 19.0. The third-order valence-corrected chi connectivity index (χ3v) is 5.48. The van der Waals surface area contributed by atoms with Crippen molar-refractivity contribution in [3.8, 4) is 5.75 Å². The molecule has 138 valence electrons. The maximum absolute atomic E-state index is 12.8. The average Bonchev–Trinajstić information content (AvgIpc) is 2.94. The van der Waals surface area contributed by atoms with Crippen LogP contribution in [0.25, 0.3) is 0 Å². The first-order valence-corrected chi connectivity index (χ1v) is 9.38. The predicted octanol–water partition coefficient (Wildman–Crippen LogP) is 4.24. The Labute approximate surface area is 161 Å². The summed E-state index contributed by atoms with van der Waals surface area (Å²) in [6, 6.07) is 13.0. The Kier molecular flexibility index (Phi) is 4.70. The molecule has 4 rings (SSSR count). The first-order valence-electron chi connectivity index (χ1n) is 9.01. The lowest BCUT2D eigenvalue weighted by Gasteiger charge is -2.19. The van der Waals surface area contributed by atoms with E-state index in [-0.39, 0.29) is 29.4 Å². The van der Waals surface area contributed by atoms with E-state index in [1.54, 1.807) is 48.5 Å². The second-order valence-electron chi connectivity index (χ2n) is 6.87. The Morgan fingerprint density at radius 3 is 2.15 bits per heavy atom. The van der Waals surface area contributed by atoms with E-state index in [1.807, 2.05) is 0 Å². The number of carbonyl (C=O) groups excluding carboxylic acids is 3. The van der Waals surface area contributed by atoms with Crippen LogP contribution in [0.5, 0.6) is 5.75 Å². The molecule has 1 saturated heterocycles. The van der Waals surface area contributed by atoms with Crippen LogP contribution in [-0.2, 0) is 9.59 Å². The van der Waals surface area contributed by atoms with Crippen molar-refractivity contribution in [2.45, 2.75) is 25.7 Å². The Hall–Kier alpha value is -2.66. The molecule has 6 heteroatoms. The number of anilines is 1. The molecule has 0 N–H and O–H groups in total. The van der Waals surface area contributed by atoms with Gasteiger partial charge in [-0.1, -0.05) is 36.6 Å². The standard InChI is InChI=1S/C21H18ClNO4/c22-14-11-9-13(10-12-14)21(26)27-18-8-4-3-7-17(18)23-19(24)15-5-1-2-6-16(15)20(23)25/h3-4,7-12,15-16H,1-2,5-6H2/t15-,16+. The van der Waals surface area contributed by atoms with Crippen molar-refractivity contribution >= 4 is 35.1 Å². The zero-order valence-electron chi connectivity index (χ0n) is 14.6. The van der Waals surface area contributed by atoms with Crippen LogP contribution in [0, 0.1) is 11.8 Å². The SMILES string of the molecule is O=C(Oc1ccccc1N1C(=O)[C@H]2CCCC[C@H]2C1=O)c1ccc(Cl)cc1. The molecule has 1 saturated carbocycles. The average molecular weight is 384 g/mol. The van der Waals surface area contributed by atoms with Crippen LogP contribution in [0.2, 0.25) is 5.02 Å². The zero-order valence-corrected chi connectivity index (χ0v) is 15.3. The Morgan fingerprint density at radius 2 is 1.52 bits per heavy atom. The minimum absolute atomic E-state index is 0.192. The lowest BCUT2D eigenvalue weighted by molar-refractivity contribution is -0.122.